The third-order valence-corrected chi connectivity index (χ3v) is 7.58. The summed E-state index contributed by atoms with van der Waals surface area (Å²) in [5, 5.41) is 9.98. The van der Waals surface area contributed by atoms with Crippen molar-refractivity contribution in [1.29, 1.82) is 0 Å². The third-order valence-electron chi connectivity index (χ3n) is 7.58. The molecule has 10 nitrogen and oxygen atoms in total. The summed E-state index contributed by atoms with van der Waals surface area (Å²) in [5.41, 5.74) is 7.88. The Labute approximate surface area is 192 Å². The van der Waals surface area contributed by atoms with Crippen molar-refractivity contribution in [2.24, 2.45) is 38.5 Å². The molecule has 1 aromatic rings. The lowest BCUT2D eigenvalue weighted by Gasteiger charge is -2.31. The molecule has 6 rings (SSSR count). The molecule has 0 aromatic heterocycles. The third kappa shape index (κ3) is 3.82. The summed E-state index contributed by atoms with van der Waals surface area (Å²) >= 11 is 0. The van der Waals surface area contributed by atoms with Crippen LogP contribution < -0.4 is 26.6 Å². The minimum absolute atomic E-state index is 0.0704. The molecule has 1 saturated heterocycles. The Kier molecular flexibility index (Phi) is 5.17. The Morgan fingerprint density at radius 3 is 2.76 bits per heavy atom. The predicted molar refractivity (Wildman–Crippen MR) is 128 cm³/mol. The van der Waals surface area contributed by atoms with Crippen LogP contribution in [0.25, 0.3) is 0 Å². The van der Waals surface area contributed by atoms with Crippen LogP contribution in [0.1, 0.15) is 19.3 Å². The van der Waals surface area contributed by atoms with Gasteiger partial charge >= 0.3 is 0 Å². The molecule has 2 saturated carbocycles. The first kappa shape index (κ1) is 20.5. The number of amides is 1. The molecule has 174 valence electrons. The van der Waals surface area contributed by atoms with E-state index in [1.807, 2.05) is 12.1 Å². The van der Waals surface area contributed by atoms with E-state index in [9.17, 15) is 4.79 Å². The number of hydrogen-bond acceptors (Lipinski definition) is 8. The van der Waals surface area contributed by atoms with Crippen LogP contribution >= 0.6 is 0 Å². The molecule has 2 aliphatic carbocycles. The van der Waals surface area contributed by atoms with Crippen molar-refractivity contribution >= 4 is 35.4 Å². The standard InChI is InChI=1S/C23H30N8O2/c24-20(32)17-13-1-2-14(11-13)18(17)28-22-19-21(26-12-25-19)29-23(30-22)27-15-3-5-16(6-4-15)31-7-9-33-10-8-31/h3-6,12-14,17-19,21H,1-2,7-11H2,(H2,24,32)(H,25,26)(H2,27,28,29,30). The van der Waals surface area contributed by atoms with Crippen molar-refractivity contribution in [3.63, 3.8) is 0 Å². The van der Waals surface area contributed by atoms with Gasteiger partial charge in [-0.1, -0.05) is 0 Å². The summed E-state index contributed by atoms with van der Waals surface area (Å²) in [7, 11) is 0. The Balaban J connectivity index is 1.20. The van der Waals surface area contributed by atoms with Gasteiger partial charge in [0.1, 0.15) is 11.9 Å². The predicted octanol–water partition coefficient (Wildman–Crippen LogP) is 0.519. The fourth-order valence-corrected chi connectivity index (χ4v) is 5.96. The zero-order valence-corrected chi connectivity index (χ0v) is 18.5. The number of guanidine groups is 1. The number of carbonyl (C=O) groups excluding carboxylic acids is 1. The molecule has 6 atom stereocenters. The van der Waals surface area contributed by atoms with E-state index < -0.39 is 0 Å². The molecule has 3 heterocycles. The van der Waals surface area contributed by atoms with Gasteiger partial charge in [0, 0.05) is 24.5 Å². The number of morpholine rings is 1. The molecule has 2 bridgehead atoms. The lowest BCUT2D eigenvalue weighted by Crippen LogP contribution is -2.55. The number of aliphatic imine (C=N–C) groups is 3. The van der Waals surface area contributed by atoms with Gasteiger partial charge in [0.05, 0.1) is 31.5 Å². The smallest absolute Gasteiger partial charge is 0.222 e. The highest BCUT2D eigenvalue weighted by Gasteiger charge is 2.51. The molecule has 0 spiro atoms. The fraction of sp³-hybridized carbons (Fsp3) is 0.565. The van der Waals surface area contributed by atoms with Gasteiger partial charge < -0.3 is 31.3 Å². The first-order valence-corrected chi connectivity index (χ1v) is 11.8. The quantitative estimate of drug-likeness (QED) is 0.529. The number of nitrogens with one attached hydrogen (secondary N) is 3. The van der Waals surface area contributed by atoms with E-state index in [0.717, 1.165) is 57.1 Å². The Bertz CT molecular complexity index is 1000. The first-order valence-electron chi connectivity index (χ1n) is 11.8. The molecule has 3 fully saturated rings. The highest BCUT2D eigenvalue weighted by molar-refractivity contribution is 6.10. The molecule has 1 aromatic carbocycles. The molecule has 5 aliphatic rings. The number of fused-ring (bicyclic) bond motifs is 3. The maximum absolute atomic E-state index is 12.2. The second kappa shape index (κ2) is 8.33. The number of ether oxygens (including phenoxy) is 1. The Morgan fingerprint density at radius 1 is 1.18 bits per heavy atom. The van der Waals surface area contributed by atoms with Gasteiger partial charge in [0.25, 0.3) is 0 Å². The second-order valence-electron chi connectivity index (χ2n) is 9.48. The van der Waals surface area contributed by atoms with Gasteiger partial charge in [0.2, 0.25) is 11.9 Å². The molecule has 6 unspecified atom stereocenters. The second-order valence-corrected chi connectivity index (χ2v) is 9.48. The Morgan fingerprint density at radius 2 is 1.97 bits per heavy atom. The van der Waals surface area contributed by atoms with Crippen molar-refractivity contribution in [3.05, 3.63) is 24.3 Å². The summed E-state index contributed by atoms with van der Waals surface area (Å²) in [5.74, 6) is 1.75. The summed E-state index contributed by atoms with van der Waals surface area (Å²) in [6, 6.07) is 8.10. The van der Waals surface area contributed by atoms with Crippen LogP contribution in [0.15, 0.2) is 39.2 Å². The number of rotatable bonds is 4. The molecular weight excluding hydrogens is 420 g/mol. The van der Waals surface area contributed by atoms with Crippen LogP contribution in [-0.2, 0) is 9.53 Å². The number of nitrogens with zero attached hydrogens (tertiary/aromatic N) is 4. The van der Waals surface area contributed by atoms with Crippen LogP contribution in [0, 0.1) is 17.8 Å². The van der Waals surface area contributed by atoms with Crippen LogP contribution in [-0.4, -0.2) is 68.6 Å². The molecule has 33 heavy (non-hydrogen) atoms. The highest BCUT2D eigenvalue weighted by Crippen LogP contribution is 2.50. The average molecular weight is 451 g/mol. The van der Waals surface area contributed by atoms with Crippen molar-refractivity contribution in [2.45, 2.75) is 37.5 Å². The average Bonchev–Trinajstić information content (AvgIpc) is 3.56. The highest BCUT2D eigenvalue weighted by atomic mass is 16.5. The SMILES string of the molecule is NC(=O)C1C2CCC(C2)C1N=C1NC(Nc2ccc(N3CCOCC3)cc2)=NC2N=CNC12. The van der Waals surface area contributed by atoms with Crippen molar-refractivity contribution in [1.82, 2.24) is 10.6 Å². The van der Waals surface area contributed by atoms with Gasteiger partial charge in [-0.15, -0.1) is 0 Å². The minimum atomic E-state index is -0.286. The summed E-state index contributed by atoms with van der Waals surface area (Å²) in [4.78, 5) is 28.7. The van der Waals surface area contributed by atoms with E-state index in [1.54, 1.807) is 6.34 Å². The van der Waals surface area contributed by atoms with Gasteiger partial charge in [-0.05, 0) is 55.4 Å². The summed E-state index contributed by atoms with van der Waals surface area (Å²) in [6.07, 6.45) is 4.63. The maximum Gasteiger partial charge on any atom is 0.222 e. The van der Waals surface area contributed by atoms with E-state index >= 15 is 0 Å². The molecule has 0 radical (unpaired) electrons. The van der Waals surface area contributed by atoms with Crippen LogP contribution in [0.3, 0.4) is 0 Å². The number of nitrogens with two attached hydrogens (primary N) is 1. The van der Waals surface area contributed by atoms with E-state index in [4.69, 9.17) is 20.5 Å². The van der Waals surface area contributed by atoms with Crippen LogP contribution in [0.2, 0.25) is 0 Å². The fourth-order valence-electron chi connectivity index (χ4n) is 5.96. The lowest BCUT2D eigenvalue weighted by atomic mass is 9.84. The maximum atomic E-state index is 12.2. The van der Waals surface area contributed by atoms with Crippen LogP contribution in [0.5, 0.6) is 0 Å². The molecule has 5 N–H and O–H groups in total. The summed E-state index contributed by atoms with van der Waals surface area (Å²) < 4.78 is 5.44. The topological polar surface area (TPSA) is 129 Å². The minimum Gasteiger partial charge on any atom is -0.378 e. The van der Waals surface area contributed by atoms with Crippen molar-refractivity contribution in [3.8, 4) is 0 Å². The Hall–Kier alpha value is -3.14. The van der Waals surface area contributed by atoms with Crippen molar-refractivity contribution in [2.75, 3.05) is 36.5 Å². The monoisotopic (exact) mass is 450 g/mol. The van der Waals surface area contributed by atoms with Gasteiger partial charge in [-0.2, -0.15) is 0 Å². The number of amidine groups is 1. The van der Waals surface area contributed by atoms with Crippen LogP contribution in [0.4, 0.5) is 11.4 Å². The van der Waals surface area contributed by atoms with E-state index in [0.29, 0.717) is 17.8 Å². The molecule has 10 heteroatoms. The number of primary amides is 1. The van der Waals surface area contributed by atoms with E-state index in [-0.39, 0.29) is 30.1 Å². The van der Waals surface area contributed by atoms with E-state index in [1.165, 1.54) is 5.69 Å². The zero-order valence-electron chi connectivity index (χ0n) is 18.5. The zero-order chi connectivity index (χ0) is 22.4. The molecule has 3 aliphatic heterocycles. The first-order chi connectivity index (χ1) is 16.2. The van der Waals surface area contributed by atoms with E-state index in [2.05, 4.69) is 38.0 Å². The molecule has 1 amide bonds. The number of hydrogen-bond donors (Lipinski definition) is 4. The van der Waals surface area contributed by atoms with Gasteiger partial charge in [0.15, 0.2) is 6.17 Å². The van der Waals surface area contributed by atoms with Gasteiger partial charge in [-0.25, -0.2) is 9.98 Å². The van der Waals surface area contributed by atoms with Gasteiger partial charge in [-0.3, -0.25) is 9.79 Å². The normalized spacial score (nSPS) is 35.7. The largest absolute Gasteiger partial charge is 0.378 e. The number of benzene rings is 1. The summed E-state index contributed by atoms with van der Waals surface area (Å²) in [6.45, 7) is 3.34. The molecular formula is C23H30N8O2. The lowest BCUT2D eigenvalue weighted by molar-refractivity contribution is -0.123. The number of carbonyl (C=O) groups is 1. The number of anilines is 2. The van der Waals surface area contributed by atoms with Crippen molar-refractivity contribution < 1.29 is 9.53 Å².